The second-order valence-electron chi connectivity index (χ2n) is 6.99. The molecule has 0 atom stereocenters. The van der Waals surface area contributed by atoms with Gasteiger partial charge in [-0.15, -0.1) is 0 Å². The van der Waals surface area contributed by atoms with Crippen LogP contribution in [0.4, 0.5) is 8.78 Å². The van der Waals surface area contributed by atoms with Crippen LogP contribution >= 0.6 is 0 Å². The Kier molecular flexibility index (Phi) is 6.21. The van der Waals surface area contributed by atoms with Gasteiger partial charge in [0.25, 0.3) is 0 Å². The minimum absolute atomic E-state index is 0.0563. The van der Waals surface area contributed by atoms with Crippen molar-refractivity contribution in [3.63, 3.8) is 0 Å². The molecule has 0 aromatic heterocycles. The molecule has 26 heavy (non-hydrogen) atoms. The zero-order chi connectivity index (χ0) is 19.4. The van der Waals surface area contributed by atoms with E-state index in [1.54, 1.807) is 12.1 Å². The molecule has 5 nitrogen and oxygen atoms in total. The minimum Gasteiger partial charge on any atom is -0.487 e. The van der Waals surface area contributed by atoms with E-state index in [-0.39, 0.29) is 11.2 Å². The van der Waals surface area contributed by atoms with E-state index < -0.39 is 24.5 Å². The predicted molar refractivity (Wildman–Crippen MR) is 90.6 cm³/mol. The Balaban J connectivity index is 2.01. The maximum Gasteiger partial charge on any atom is 0.378 e. The molecule has 1 aliphatic rings. The first-order valence-electron chi connectivity index (χ1n) is 8.74. The first-order valence-corrected chi connectivity index (χ1v) is 8.74. The molecule has 1 aliphatic carbocycles. The molecule has 2 rings (SSSR count). The summed E-state index contributed by atoms with van der Waals surface area (Å²) in [6.45, 7) is 2.75. The third-order valence-corrected chi connectivity index (χ3v) is 4.86. The van der Waals surface area contributed by atoms with Crippen LogP contribution in [0, 0.1) is 5.92 Å². The highest BCUT2D eigenvalue weighted by atomic mass is 19.3. The number of hydrogen-bond donors (Lipinski definition) is 1. The number of esters is 1. The topological polar surface area (TPSA) is 72.8 Å². The second-order valence-corrected chi connectivity index (χ2v) is 6.99. The number of halogens is 2. The van der Waals surface area contributed by atoms with E-state index in [4.69, 9.17) is 9.84 Å². The molecule has 7 heteroatoms. The van der Waals surface area contributed by atoms with Crippen LogP contribution in [0.1, 0.15) is 56.3 Å². The molecule has 1 N–H and O–H groups in total. The van der Waals surface area contributed by atoms with Gasteiger partial charge < -0.3 is 14.6 Å². The molecule has 0 radical (unpaired) electrons. The molecule has 0 aliphatic heterocycles. The van der Waals surface area contributed by atoms with Crippen molar-refractivity contribution in [1.82, 2.24) is 0 Å². The van der Waals surface area contributed by atoms with Crippen LogP contribution in [0.3, 0.4) is 0 Å². The summed E-state index contributed by atoms with van der Waals surface area (Å²) in [6.07, 6.45) is 5.36. The Bertz CT molecular complexity index is 634. The van der Waals surface area contributed by atoms with Gasteiger partial charge >= 0.3 is 17.9 Å². The maximum absolute atomic E-state index is 13.0. The van der Waals surface area contributed by atoms with Gasteiger partial charge in [0.2, 0.25) is 0 Å². The number of benzene rings is 1. The number of hydrogen-bond acceptors (Lipinski definition) is 4. The van der Waals surface area contributed by atoms with E-state index in [0.717, 1.165) is 25.7 Å². The lowest BCUT2D eigenvalue weighted by molar-refractivity contribution is -0.170. The van der Waals surface area contributed by atoms with Crippen LogP contribution in [0.15, 0.2) is 24.3 Å². The number of alkyl halides is 2. The molecule has 1 saturated carbocycles. The van der Waals surface area contributed by atoms with Gasteiger partial charge in [-0.3, -0.25) is 0 Å². The summed E-state index contributed by atoms with van der Waals surface area (Å²) in [4.78, 5) is 22.1. The first kappa shape index (κ1) is 20.1. The summed E-state index contributed by atoms with van der Waals surface area (Å²) in [5.41, 5.74) is -0.176. The van der Waals surface area contributed by atoms with E-state index in [1.165, 1.54) is 18.6 Å². The average molecular weight is 370 g/mol. The largest absolute Gasteiger partial charge is 0.487 e. The minimum atomic E-state index is -4.11. The molecule has 0 heterocycles. The Morgan fingerprint density at radius 1 is 1.15 bits per heavy atom. The zero-order valence-corrected chi connectivity index (χ0v) is 15.0. The SMILES string of the molecule is CC(C)C1(Oc2ccc(C(=O)OCC(F)(F)C(=O)O)cc2)CCCCC1. The molecule has 144 valence electrons. The van der Waals surface area contributed by atoms with E-state index in [0.29, 0.717) is 11.7 Å². The molecule has 0 spiro atoms. The summed E-state index contributed by atoms with van der Waals surface area (Å²) in [7, 11) is 0. The number of ether oxygens (including phenoxy) is 2. The van der Waals surface area contributed by atoms with Crippen molar-refractivity contribution in [1.29, 1.82) is 0 Å². The number of rotatable bonds is 7. The van der Waals surface area contributed by atoms with E-state index in [1.807, 2.05) is 0 Å². The molecule has 1 fully saturated rings. The van der Waals surface area contributed by atoms with Crippen LogP contribution in [-0.2, 0) is 9.53 Å². The lowest BCUT2D eigenvalue weighted by Crippen LogP contribution is -2.43. The van der Waals surface area contributed by atoms with Crippen molar-refractivity contribution in [3.8, 4) is 5.75 Å². The van der Waals surface area contributed by atoms with Gasteiger partial charge in [-0.25, -0.2) is 9.59 Å². The maximum atomic E-state index is 13.0. The van der Waals surface area contributed by atoms with Gasteiger partial charge in [0, 0.05) is 0 Å². The Morgan fingerprint density at radius 2 is 1.73 bits per heavy atom. The molecule has 1 aromatic carbocycles. The van der Waals surface area contributed by atoms with Crippen molar-refractivity contribution in [2.24, 2.45) is 5.92 Å². The van der Waals surface area contributed by atoms with Crippen LogP contribution in [0.25, 0.3) is 0 Å². The molecule has 1 aromatic rings. The molecular weight excluding hydrogens is 346 g/mol. The standard InChI is InChI=1S/C19H24F2O5/c1-13(2)18(10-4-3-5-11-18)26-15-8-6-14(7-9-15)16(22)25-12-19(20,21)17(23)24/h6-9,13H,3-5,10-12H2,1-2H3,(H,23,24). The second kappa shape index (κ2) is 8.01. The van der Waals surface area contributed by atoms with Gasteiger partial charge in [-0.2, -0.15) is 8.78 Å². The zero-order valence-electron chi connectivity index (χ0n) is 15.0. The Hall–Kier alpha value is -2.18. The lowest BCUT2D eigenvalue weighted by Gasteiger charge is -2.41. The molecule has 0 bridgehead atoms. The highest BCUT2D eigenvalue weighted by Crippen LogP contribution is 2.38. The first-order chi connectivity index (χ1) is 12.2. The van der Waals surface area contributed by atoms with Crippen LogP contribution in [0.5, 0.6) is 5.75 Å². The molecule has 0 saturated heterocycles. The fraction of sp³-hybridized carbons (Fsp3) is 0.579. The summed E-state index contributed by atoms with van der Waals surface area (Å²) < 4.78 is 36.6. The fourth-order valence-electron chi connectivity index (χ4n) is 3.14. The summed E-state index contributed by atoms with van der Waals surface area (Å²) in [6, 6.07) is 6.05. The summed E-state index contributed by atoms with van der Waals surface area (Å²) >= 11 is 0. The molecular formula is C19H24F2O5. The summed E-state index contributed by atoms with van der Waals surface area (Å²) in [5.74, 6) is -6.50. The van der Waals surface area contributed by atoms with Crippen LogP contribution < -0.4 is 4.74 Å². The predicted octanol–water partition coefficient (Wildman–Crippen LogP) is 4.30. The normalized spacial score (nSPS) is 17.0. The van der Waals surface area contributed by atoms with Crippen molar-refractivity contribution < 1.29 is 33.0 Å². The smallest absolute Gasteiger partial charge is 0.378 e. The number of carboxylic acid groups (broad SMARTS) is 1. The average Bonchev–Trinajstić information content (AvgIpc) is 2.61. The molecule has 0 amide bonds. The summed E-state index contributed by atoms with van der Waals surface area (Å²) in [5, 5.41) is 8.33. The van der Waals surface area contributed by atoms with Crippen molar-refractivity contribution in [2.45, 2.75) is 57.5 Å². The van der Waals surface area contributed by atoms with E-state index in [9.17, 15) is 18.4 Å². The number of aliphatic carboxylic acids is 1. The van der Waals surface area contributed by atoms with Crippen LogP contribution in [0.2, 0.25) is 0 Å². The number of carboxylic acids is 1. The quantitative estimate of drug-likeness (QED) is 0.725. The Labute approximate surface area is 151 Å². The van der Waals surface area contributed by atoms with Gasteiger partial charge in [-0.1, -0.05) is 20.3 Å². The van der Waals surface area contributed by atoms with Crippen molar-refractivity contribution in [3.05, 3.63) is 29.8 Å². The monoisotopic (exact) mass is 370 g/mol. The van der Waals surface area contributed by atoms with Crippen molar-refractivity contribution >= 4 is 11.9 Å². The highest BCUT2D eigenvalue weighted by molar-refractivity contribution is 5.89. The third kappa shape index (κ3) is 4.71. The lowest BCUT2D eigenvalue weighted by atomic mass is 9.77. The number of carbonyl (C=O) groups excluding carboxylic acids is 1. The van der Waals surface area contributed by atoms with E-state index >= 15 is 0 Å². The van der Waals surface area contributed by atoms with Gasteiger partial charge in [-0.05, 0) is 55.9 Å². The van der Waals surface area contributed by atoms with Gasteiger partial charge in [0.1, 0.15) is 11.4 Å². The van der Waals surface area contributed by atoms with Crippen LogP contribution in [-0.4, -0.2) is 35.2 Å². The fourth-order valence-corrected chi connectivity index (χ4v) is 3.14. The number of carbonyl (C=O) groups is 2. The highest BCUT2D eigenvalue weighted by Gasteiger charge is 2.41. The third-order valence-electron chi connectivity index (χ3n) is 4.86. The van der Waals surface area contributed by atoms with Gasteiger partial charge in [0.15, 0.2) is 6.61 Å². The Morgan fingerprint density at radius 3 is 2.23 bits per heavy atom. The molecule has 0 unspecified atom stereocenters. The van der Waals surface area contributed by atoms with Gasteiger partial charge in [0.05, 0.1) is 5.56 Å². The van der Waals surface area contributed by atoms with Crippen molar-refractivity contribution in [2.75, 3.05) is 6.61 Å². The van der Waals surface area contributed by atoms with E-state index in [2.05, 4.69) is 18.6 Å².